The summed E-state index contributed by atoms with van der Waals surface area (Å²) < 4.78 is 0. The highest BCUT2D eigenvalue weighted by Crippen LogP contribution is 2.25. The maximum Gasteiger partial charge on any atom is 0.0702 e. The predicted octanol–water partition coefficient (Wildman–Crippen LogP) is 5.67. The van der Waals surface area contributed by atoms with Crippen molar-refractivity contribution in [2.75, 3.05) is 0 Å². The van der Waals surface area contributed by atoms with Gasteiger partial charge in [0.25, 0.3) is 0 Å². The number of hydrogen-bond donors (Lipinski definition) is 0. The Morgan fingerprint density at radius 2 is 2.05 bits per heavy atom. The van der Waals surface area contributed by atoms with Gasteiger partial charge in [0.05, 0.1) is 5.69 Å². The fourth-order valence-electron chi connectivity index (χ4n) is 2.32. The molecule has 0 N–H and O–H groups in total. The largest absolute Gasteiger partial charge is 0.256 e. The Labute approximate surface area is 127 Å². The van der Waals surface area contributed by atoms with Crippen LogP contribution in [0.5, 0.6) is 0 Å². The molecule has 1 aromatic heterocycles. The maximum atomic E-state index is 4.42. The molecule has 1 heterocycles. The fraction of sp³-hybridized carbons (Fsp3) is 0.150. The van der Waals surface area contributed by atoms with E-state index in [1.165, 1.54) is 16.7 Å². The van der Waals surface area contributed by atoms with Crippen LogP contribution in [0.15, 0.2) is 79.0 Å². The monoisotopic (exact) mass is 275 g/mol. The van der Waals surface area contributed by atoms with Gasteiger partial charge in [0.2, 0.25) is 0 Å². The molecule has 0 amide bonds. The number of pyridine rings is 1. The van der Waals surface area contributed by atoms with E-state index in [1.807, 2.05) is 36.5 Å². The van der Waals surface area contributed by atoms with Crippen LogP contribution in [0.25, 0.3) is 16.8 Å². The summed E-state index contributed by atoms with van der Waals surface area (Å²) >= 11 is 0. The van der Waals surface area contributed by atoms with Gasteiger partial charge in [-0.2, -0.15) is 0 Å². The van der Waals surface area contributed by atoms with E-state index in [2.05, 4.69) is 55.8 Å². The summed E-state index contributed by atoms with van der Waals surface area (Å²) in [6.45, 7) is 8.08. The minimum Gasteiger partial charge on any atom is -0.256 e. The molecule has 0 fully saturated rings. The highest BCUT2D eigenvalue weighted by Gasteiger charge is 2.04. The summed E-state index contributed by atoms with van der Waals surface area (Å²) in [5.74, 6) is 0. The molecule has 0 atom stereocenters. The molecule has 2 aromatic rings. The fourth-order valence-corrected chi connectivity index (χ4v) is 2.32. The lowest BCUT2D eigenvalue weighted by atomic mass is 9.97. The van der Waals surface area contributed by atoms with E-state index >= 15 is 0 Å². The molecule has 0 aliphatic rings. The highest BCUT2D eigenvalue weighted by atomic mass is 14.7. The average molecular weight is 275 g/mol. The lowest BCUT2D eigenvalue weighted by Crippen LogP contribution is -1.88. The molecule has 0 unspecified atom stereocenters. The van der Waals surface area contributed by atoms with Crippen molar-refractivity contribution in [3.05, 3.63) is 84.6 Å². The van der Waals surface area contributed by atoms with Crippen molar-refractivity contribution in [3.8, 4) is 11.3 Å². The Kier molecular flexibility index (Phi) is 5.28. The standard InChI is InChI=1S/C20H21N/c1-4-6-10-17(5-2)16(3)18-11-9-12-19(15-18)20-13-7-8-14-21-20/h4,6-15H,1,5H2,2-3H3. The van der Waals surface area contributed by atoms with Crippen molar-refractivity contribution >= 4 is 5.57 Å². The SMILES string of the molecule is C=CC=CC(CC)=C(C)c1cccc(-c2ccccn2)c1. The van der Waals surface area contributed by atoms with Crippen LogP contribution in [0.1, 0.15) is 25.8 Å². The zero-order valence-corrected chi connectivity index (χ0v) is 12.7. The number of rotatable bonds is 5. The van der Waals surface area contributed by atoms with Crippen LogP contribution in [0.4, 0.5) is 0 Å². The second-order valence-corrected chi connectivity index (χ2v) is 4.89. The summed E-state index contributed by atoms with van der Waals surface area (Å²) in [4.78, 5) is 4.42. The molecule has 1 nitrogen and oxygen atoms in total. The average Bonchev–Trinajstić information content (AvgIpc) is 2.56. The third-order valence-electron chi connectivity index (χ3n) is 3.55. The molecule has 1 aromatic carbocycles. The van der Waals surface area contributed by atoms with Crippen molar-refractivity contribution in [1.82, 2.24) is 4.98 Å². The Morgan fingerprint density at radius 3 is 2.71 bits per heavy atom. The number of hydrogen-bond acceptors (Lipinski definition) is 1. The molecule has 0 bridgehead atoms. The Balaban J connectivity index is 2.43. The van der Waals surface area contributed by atoms with Gasteiger partial charge >= 0.3 is 0 Å². The molecular weight excluding hydrogens is 254 g/mol. The van der Waals surface area contributed by atoms with E-state index in [0.29, 0.717) is 0 Å². The van der Waals surface area contributed by atoms with Gasteiger partial charge in [-0.1, -0.05) is 56.0 Å². The molecule has 0 aliphatic carbocycles. The van der Waals surface area contributed by atoms with E-state index < -0.39 is 0 Å². The summed E-state index contributed by atoms with van der Waals surface area (Å²) in [6.07, 6.45) is 8.77. The molecule has 21 heavy (non-hydrogen) atoms. The lowest BCUT2D eigenvalue weighted by molar-refractivity contribution is 1.15. The Hall–Kier alpha value is -2.41. The van der Waals surface area contributed by atoms with Gasteiger partial charge in [-0.05, 0) is 48.3 Å². The highest BCUT2D eigenvalue weighted by molar-refractivity contribution is 5.73. The van der Waals surface area contributed by atoms with Crippen LogP contribution in [-0.4, -0.2) is 4.98 Å². The van der Waals surface area contributed by atoms with Crippen LogP contribution in [0, 0.1) is 0 Å². The smallest absolute Gasteiger partial charge is 0.0702 e. The molecule has 0 aliphatic heterocycles. The van der Waals surface area contributed by atoms with E-state index in [0.717, 1.165) is 17.7 Å². The van der Waals surface area contributed by atoms with Crippen LogP contribution < -0.4 is 0 Å². The maximum absolute atomic E-state index is 4.42. The zero-order chi connectivity index (χ0) is 15.1. The minimum atomic E-state index is 1.00. The molecule has 106 valence electrons. The Morgan fingerprint density at radius 1 is 1.19 bits per heavy atom. The van der Waals surface area contributed by atoms with Crippen molar-refractivity contribution in [1.29, 1.82) is 0 Å². The van der Waals surface area contributed by atoms with Gasteiger partial charge in [-0.25, -0.2) is 0 Å². The molecule has 2 rings (SSSR count). The summed E-state index contributed by atoms with van der Waals surface area (Å²) in [7, 11) is 0. The van der Waals surface area contributed by atoms with Crippen LogP contribution >= 0.6 is 0 Å². The van der Waals surface area contributed by atoms with E-state index in [9.17, 15) is 0 Å². The van der Waals surface area contributed by atoms with Gasteiger partial charge < -0.3 is 0 Å². The molecule has 1 heteroatoms. The van der Waals surface area contributed by atoms with Gasteiger partial charge in [0.15, 0.2) is 0 Å². The molecular formula is C20H21N. The number of allylic oxidation sites excluding steroid dienone is 5. The first-order valence-corrected chi connectivity index (χ1v) is 7.27. The van der Waals surface area contributed by atoms with E-state index in [4.69, 9.17) is 0 Å². The first-order chi connectivity index (χ1) is 10.3. The summed E-state index contributed by atoms with van der Waals surface area (Å²) in [6, 6.07) is 14.5. The lowest BCUT2D eigenvalue weighted by Gasteiger charge is -2.09. The minimum absolute atomic E-state index is 1.00. The van der Waals surface area contributed by atoms with Gasteiger partial charge in [0.1, 0.15) is 0 Å². The summed E-state index contributed by atoms with van der Waals surface area (Å²) in [5, 5.41) is 0. The number of benzene rings is 1. The van der Waals surface area contributed by atoms with Crippen LogP contribution in [-0.2, 0) is 0 Å². The topological polar surface area (TPSA) is 12.9 Å². The third-order valence-corrected chi connectivity index (χ3v) is 3.55. The second-order valence-electron chi connectivity index (χ2n) is 4.89. The molecule has 0 saturated carbocycles. The quantitative estimate of drug-likeness (QED) is 0.640. The van der Waals surface area contributed by atoms with E-state index in [1.54, 1.807) is 0 Å². The molecule has 0 spiro atoms. The van der Waals surface area contributed by atoms with Crippen molar-refractivity contribution < 1.29 is 0 Å². The first kappa shape index (κ1) is 15.0. The van der Waals surface area contributed by atoms with Crippen LogP contribution in [0.2, 0.25) is 0 Å². The normalized spacial score (nSPS) is 12.3. The van der Waals surface area contributed by atoms with Crippen molar-refractivity contribution in [3.63, 3.8) is 0 Å². The zero-order valence-electron chi connectivity index (χ0n) is 12.7. The van der Waals surface area contributed by atoms with Crippen molar-refractivity contribution in [2.24, 2.45) is 0 Å². The van der Waals surface area contributed by atoms with Gasteiger partial charge in [-0.3, -0.25) is 4.98 Å². The van der Waals surface area contributed by atoms with Gasteiger partial charge in [-0.15, -0.1) is 0 Å². The molecule has 0 saturated heterocycles. The van der Waals surface area contributed by atoms with E-state index in [-0.39, 0.29) is 0 Å². The predicted molar refractivity (Wildman–Crippen MR) is 91.9 cm³/mol. The number of nitrogens with zero attached hydrogens (tertiary/aromatic N) is 1. The third kappa shape index (κ3) is 3.79. The van der Waals surface area contributed by atoms with Crippen LogP contribution in [0.3, 0.4) is 0 Å². The first-order valence-electron chi connectivity index (χ1n) is 7.27. The summed E-state index contributed by atoms with van der Waals surface area (Å²) in [5.41, 5.74) is 6.02. The Bertz CT molecular complexity index is 663. The van der Waals surface area contributed by atoms with Crippen molar-refractivity contribution in [2.45, 2.75) is 20.3 Å². The number of aromatic nitrogens is 1. The van der Waals surface area contributed by atoms with Gasteiger partial charge in [0, 0.05) is 11.8 Å². The molecule has 0 radical (unpaired) electrons. The second kappa shape index (κ2) is 7.39.